The Morgan fingerprint density at radius 2 is 2.12 bits per heavy atom. The molecule has 0 saturated heterocycles. The van der Waals surface area contributed by atoms with E-state index in [4.69, 9.17) is 4.55 Å². The van der Waals surface area contributed by atoms with Crippen LogP contribution >= 0.6 is 0 Å². The fraction of sp³-hybridized carbons (Fsp3) is 0.222. The van der Waals surface area contributed by atoms with Gasteiger partial charge in [0.15, 0.2) is 0 Å². The molecule has 1 rings (SSSR count). The summed E-state index contributed by atoms with van der Waals surface area (Å²) in [5.41, 5.74) is 0.411. The number of hydrogen-bond acceptors (Lipinski definition) is 4. The van der Waals surface area contributed by atoms with E-state index in [2.05, 4.69) is 4.74 Å². The van der Waals surface area contributed by atoms with Gasteiger partial charge in [0.25, 0.3) is 10.1 Å². The summed E-state index contributed by atoms with van der Waals surface area (Å²) in [4.78, 5) is 11.4. The Hall–Kier alpha value is -1.41. The van der Waals surface area contributed by atoms with Gasteiger partial charge in [-0.25, -0.2) is 9.18 Å². The van der Waals surface area contributed by atoms with Crippen molar-refractivity contribution in [3.8, 4) is 0 Å². The minimum Gasteiger partial charge on any atom is -0.461 e. The molecule has 0 radical (unpaired) electrons. The Kier molecular flexibility index (Phi) is 4.25. The standard InChI is InChI=1S/C9H10BFO5S/c10-6-1-2-8(11)7(5-6)9(12)16-3-4-17(13,14)15/h1-2,5H,3-4,10H2,(H,13,14,15). The Morgan fingerprint density at radius 3 is 2.71 bits per heavy atom. The van der Waals surface area contributed by atoms with E-state index in [1.165, 1.54) is 12.1 Å². The molecular weight excluding hydrogens is 250 g/mol. The summed E-state index contributed by atoms with van der Waals surface area (Å²) in [7, 11) is -2.52. The SMILES string of the molecule is Bc1ccc(F)c(C(=O)OCCS(=O)(=O)O)c1. The van der Waals surface area contributed by atoms with Crippen molar-refractivity contribution >= 4 is 29.4 Å². The predicted octanol–water partition coefficient (Wildman–Crippen LogP) is -0.871. The van der Waals surface area contributed by atoms with Gasteiger partial charge >= 0.3 is 5.97 Å². The van der Waals surface area contributed by atoms with Gasteiger partial charge < -0.3 is 4.74 Å². The zero-order valence-electron chi connectivity index (χ0n) is 9.01. The van der Waals surface area contributed by atoms with Gasteiger partial charge in [0, 0.05) is 0 Å². The Bertz CT molecular complexity index is 528. The lowest BCUT2D eigenvalue weighted by Gasteiger charge is -2.05. The highest BCUT2D eigenvalue weighted by Crippen LogP contribution is 2.06. The smallest absolute Gasteiger partial charge is 0.341 e. The van der Waals surface area contributed by atoms with Crippen LogP contribution < -0.4 is 5.46 Å². The Balaban J connectivity index is 2.67. The van der Waals surface area contributed by atoms with Crippen molar-refractivity contribution in [1.82, 2.24) is 0 Å². The van der Waals surface area contributed by atoms with E-state index in [9.17, 15) is 17.6 Å². The summed E-state index contributed by atoms with van der Waals surface area (Å²) >= 11 is 0. The molecule has 0 spiro atoms. The molecular formula is C9H10BFO5S. The molecule has 0 fully saturated rings. The molecule has 1 N–H and O–H groups in total. The van der Waals surface area contributed by atoms with Gasteiger partial charge in [-0.15, -0.1) is 0 Å². The molecule has 8 heteroatoms. The first-order valence-corrected chi connectivity index (χ1v) is 6.29. The Labute approximate surface area is 98.7 Å². The van der Waals surface area contributed by atoms with Crippen molar-refractivity contribution < 1.29 is 26.9 Å². The predicted molar refractivity (Wildman–Crippen MR) is 61.3 cm³/mol. The zero-order valence-corrected chi connectivity index (χ0v) is 9.83. The maximum Gasteiger partial charge on any atom is 0.341 e. The van der Waals surface area contributed by atoms with Crippen LogP contribution in [0.3, 0.4) is 0 Å². The molecule has 0 amide bonds. The van der Waals surface area contributed by atoms with Crippen LogP contribution in [0.1, 0.15) is 10.4 Å². The molecule has 0 aliphatic carbocycles. The highest BCUT2D eigenvalue weighted by Gasteiger charge is 2.14. The fourth-order valence-electron chi connectivity index (χ4n) is 1.11. The van der Waals surface area contributed by atoms with Crippen LogP contribution in [-0.2, 0) is 14.9 Å². The van der Waals surface area contributed by atoms with E-state index in [1.54, 1.807) is 7.85 Å². The van der Waals surface area contributed by atoms with Crippen LogP contribution in [0.5, 0.6) is 0 Å². The van der Waals surface area contributed by atoms with Crippen molar-refractivity contribution in [2.24, 2.45) is 0 Å². The number of ether oxygens (including phenoxy) is 1. The first kappa shape index (κ1) is 13.7. The van der Waals surface area contributed by atoms with E-state index < -0.39 is 34.3 Å². The zero-order chi connectivity index (χ0) is 13.1. The summed E-state index contributed by atoms with van der Waals surface area (Å²) < 4.78 is 46.9. The summed E-state index contributed by atoms with van der Waals surface area (Å²) in [6.45, 7) is -0.523. The van der Waals surface area contributed by atoms with Gasteiger partial charge in [-0.2, -0.15) is 8.42 Å². The summed E-state index contributed by atoms with van der Waals surface area (Å²) in [6, 6.07) is 3.91. The van der Waals surface area contributed by atoms with Crippen molar-refractivity contribution in [2.75, 3.05) is 12.4 Å². The third kappa shape index (κ3) is 4.53. The van der Waals surface area contributed by atoms with Crippen LogP contribution in [0, 0.1) is 5.82 Å². The minimum absolute atomic E-state index is 0.264. The number of carbonyl (C=O) groups excluding carboxylic acids is 1. The second kappa shape index (κ2) is 5.28. The quantitative estimate of drug-likeness (QED) is 0.432. The average Bonchev–Trinajstić information content (AvgIpc) is 2.19. The van der Waals surface area contributed by atoms with E-state index >= 15 is 0 Å². The molecule has 0 aliphatic heterocycles. The van der Waals surface area contributed by atoms with Crippen molar-refractivity contribution in [3.05, 3.63) is 29.6 Å². The molecule has 17 heavy (non-hydrogen) atoms. The van der Waals surface area contributed by atoms with Crippen LogP contribution in [0.4, 0.5) is 4.39 Å². The monoisotopic (exact) mass is 260 g/mol. The van der Waals surface area contributed by atoms with Crippen molar-refractivity contribution in [3.63, 3.8) is 0 Å². The largest absolute Gasteiger partial charge is 0.461 e. The van der Waals surface area contributed by atoms with Gasteiger partial charge in [-0.3, -0.25) is 4.55 Å². The van der Waals surface area contributed by atoms with Crippen LogP contribution in [-0.4, -0.2) is 39.1 Å². The second-order valence-corrected chi connectivity index (χ2v) is 4.98. The molecule has 92 valence electrons. The number of hydrogen-bond donors (Lipinski definition) is 1. The maximum absolute atomic E-state index is 13.2. The van der Waals surface area contributed by atoms with Gasteiger partial charge in [0.1, 0.15) is 26.0 Å². The number of esters is 1. The number of carbonyl (C=O) groups is 1. The third-order valence-corrected chi connectivity index (χ3v) is 2.60. The van der Waals surface area contributed by atoms with Gasteiger partial charge in [-0.1, -0.05) is 17.6 Å². The molecule has 0 heterocycles. The third-order valence-electron chi connectivity index (χ3n) is 1.92. The van der Waals surface area contributed by atoms with Crippen LogP contribution in [0.15, 0.2) is 18.2 Å². The number of rotatable bonds is 4. The van der Waals surface area contributed by atoms with Gasteiger partial charge in [0.2, 0.25) is 0 Å². The highest BCUT2D eigenvalue weighted by molar-refractivity contribution is 7.85. The van der Waals surface area contributed by atoms with Crippen molar-refractivity contribution in [2.45, 2.75) is 0 Å². The number of benzene rings is 1. The average molecular weight is 260 g/mol. The maximum atomic E-state index is 13.2. The first-order valence-electron chi connectivity index (χ1n) is 4.68. The second-order valence-electron chi connectivity index (χ2n) is 3.41. The molecule has 0 bridgehead atoms. The molecule has 1 aromatic rings. The topological polar surface area (TPSA) is 80.7 Å². The van der Waals surface area contributed by atoms with E-state index in [0.29, 0.717) is 5.46 Å². The minimum atomic E-state index is -4.19. The highest BCUT2D eigenvalue weighted by atomic mass is 32.2. The van der Waals surface area contributed by atoms with Gasteiger partial charge in [0.05, 0.1) is 5.56 Å². The lowest BCUT2D eigenvalue weighted by atomic mass is 9.94. The van der Waals surface area contributed by atoms with E-state index in [1.807, 2.05) is 0 Å². The summed E-state index contributed by atoms with van der Waals surface area (Å²) in [6.07, 6.45) is 0. The molecule has 0 aliphatic rings. The molecule has 5 nitrogen and oxygen atoms in total. The fourth-order valence-corrected chi connectivity index (χ4v) is 1.41. The summed E-state index contributed by atoms with van der Waals surface area (Å²) in [5, 5.41) is 0. The normalized spacial score (nSPS) is 11.2. The molecule has 1 aromatic carbocycles. The molecule has 0 saturated carbocycles. The molecule has 0 unspecified atom stereocenters. The number of halogens is 1. The van der Waals surface area contributed by atoms with E-state index in [-0.39, 0.29) is 5.56 Å². The lowest BCUT2D eigenvalue weighted by molar-refractivity contribution is 0.0523. The van der Waals surface area contributed by atoms with Gasteiger partial charge in [-0.05, 0) is 6.07 Å². The molecule has 0 atom stereocenters. The van der Waals surface area contributed by atoms with Crippen LogP contribution in [0.25, 0.3) is 0 Å². The Morgan fingerprint density at radius 1 is 1.47 bits per heavy atom. The van der Waals surface area contributed by atoms with Crippen molar-refractivity contribution in [1.29, 1.82) is 0 Å². The molecule has 0 aromatic heterocycles. The summed E-state index contributed by atoms with van der Waals surface area (Å²) in [5.74, 6) is -2.42. The van der Waals surface area contributed by atoms with E-state index in [0.717, 1.165) is 6.07 Å². The van der Waals surface area contributed by atoms with Crippen LogP contribution in [0.2, 0.25) is 0 Å². The lowest BCUT2D eigenvalue weighted by Crippen LogP contribution is -2.17. The first-order chi connectivity index (χ1) is 7.79.